The van der Waals surface area contributed by atoms with Gasteiger partial charge in [-0.1, -0.05) is 18.2 Å². The Morgan fingerprint density at radius 3 is 2.73 bits per heavy atom. The molecule has 0 aliphatic rings. The van der Waals surface area contributed by atoms with Crippen LogP contribution in [0.4, 0.5) is 0 Å². The fourth-order valence-corrected chi connectivity index (χ4v) is 2.45. The number of benzene rings is 1. The average molecular weight is 219 g/mol. The summed E-state index contributed by atoms with van der Waals surface area (Å²) in [5.41, 5.74) is 9.15. The maximum absolute atomic E-state index is 5.69. The Morgan fingerprint density at radius 1 is 1.20 bits per heavy atom. The fourth-order valence-electron chi connectivity index (χ4n) is 1.59. The minimum Gasteiger partial charge on any atom is -0.496 e. The molecule has 0 fully saturated rings. The van der Waals surface area contributed by atoms with Crippen LogP contribution >= 0.6 is 11.3 Å². The van der Waals surface area contributed by atoms with Crippen molar-refractivity contribution in [3.63, 3.8) is 0 Å². The van der Waals surface area contributed by atoms with Gasteiger partial charge in [0.15, 0.2) is 0 Å². The quantitative estimate of drug-likeness (QED) is 0.861. The summed E-state index contributed by atoms with van der Waals surface area (Å²) in [5, 5.41) is 4.20. The van der Waals surface area contributed by atoms with Gasteiger partial charge in [0.2, 0.25) is 0 Å². The van der Waals surface area contributed by atoms with E-state index in [0.29, 0.717) is 6.54 Å². The topological polar surface area (TPSA) is 35.2 Å². The molecule has 15 heavy (non-hydrogen) atoms. The molecule has 0 saturated carbocycles. The van der Waals surface area contributed by atoms with Crippen LogP contribution in [0.3, 0.4) is 0 Å². The first kappa shape index (κ1) is 10.2. The van der Waals surface area contributed by atoms with Gasteiger partial charge in [0, 0.05) is 17.7 Å². The van der Waals surface area contributed by atoms with E-state index in [1.807, 2.05) is 18.2 Å². The monoisotopic (exact) mass is 219 g/mol. The SMILES string of the molecule is COc1ccccc1-c1cscc1CN. The largest absolute Gasteiger partial charge is 0.496 e. The third kappa shape index (κ3) is 1.89. The van der Waals surface area contributed by atoms with Gasteiger partial charge in [0.05, 0.1) is 7.11 Å². The van der Waals surface area contributed by atoms with Crippen LogP contribution in [0.25, 0.3) is 11.1 Å². The first-order chi connectivity index (χ1) is 7.36. The Balaban J connectivity index is 2.53. The van der Waals surface area contributed by atoms with Gasteiger partial charge < -0.3 is 10.5 Å². The van der Waals surface area contributed by atoms with Crippen molar-refractivity contribution in [2.75, 3.05) is 7.11 Å². The predicted octanol–water partition coefficient (Wildman–Crippen LogP) is 2.88. The highest BCUT2D eigenvalue weighted by atomic mass is 32.1. The van der Waals surface area contributed by atoms with Crippen molar-refractivity contribution in [1.82, 2.24) is 0 Å². The Hall–Kier alpha value is -1.32. The Labute approximate surface area is 93.3 Å². The van der Waals surface area contributed by atoms with Gasteiger partial charge in [0.25, 0.3) is 0 Å². The van der Waals surface area contributed by atoms with Crippen molar-refractivity contribution in [2.45, 2.75) is 6.54 Å². The van der Waals surface area contributed by atoms with E-state index in [4.69, 9.17) is 10.5 Å². The number of thiophene rings is 1. The fraction of sp³-hybridized carbons (Fsp3) is 0.167. The van der Waals surface area contributed by atoms with Gasteiger partial charge in [-0.05, 0) is 22.4 Å². The van der Waals surface area contributed by atoms with Crippen LogP contribution in [0.2, 0.25) is 0 Å². The summed E-state index contributed by atoms with van der Waals surface area (Å²) in [7, 11) is 1.69. The third-order valence-electron chi connectivity index (χ3n) is 2.36. The summed E-state index contributed by atoms with van der Waals surface area (Å²) >= 11 is 1.67. The van der Waals surface area contributed by atoms with Crippen molar-refractivity contribution in [1.29, 1.82) is 0 Å². The summed E-state index contributed by atoms with van der Waals surface area (Å²) in [6.07, 6.45) is 0. The second-order valence-electron chi connectivity index (χ2n) is 3.22. The van der Waals surface area contributed by atoms with Crippen LogP contribution in [-0.2, 0) is 6.54 Å². The lowest BCUT2D eigenvalue weighted by Crippen LogP contribution is -1.96. The molecule has 0 radical (unpaired) electrons. The number of hydrogen-bond acceptors (Lipinski definition) is 3. The normalized spacial score (nSPS) is 10.3. The molecule has 0 aliphatic heterocycles. The molecule has 0 unspecified atom stereocenters. The van der Waals surface area contributed by atoms with Crippen molar-refractivity contribution in [3.05, 3.63) is 40.6 Å². The van der Waals surface area contributed by atoms with Crippen molar-refractivity contribution in [3.8, 4) is 16.9 Å². The Kier molecular flexibility index (Phi) is 3.04. The molecule has 0 aliphatic carbocycles. The zero-order valence-corrected chi connectivity index (χ0v) is 9.38. The van der Waals surface area contributed by atoms with E-state index in [2.05, 4.69) is 16.8 Å². The molecule has 3 heteroatoms. The molecule has 78 valence electrons. The second-order valence-corrected chi connectivity index (χ2v) is 3.96. The van der Waals surface area contributed by atoms with Crippen LogP contribution in [0.5, 0.6) is 5.75 Å². The molecule has 0 amide bonds. The van der Waals surface area contributed by atoms with E-state index in [-0.39, 0.29) is 0 Å². The zero-order chi connectivity index (χ0) is 10.7. The number of para-hydroxylation sites is 1. The number of rotatable bonds is 3. The predicted molar refractivity (Wildman–Crippen MR) is 64.2 cm³/mol. The summed E-state index contributed by atoms with van der Waals surface area (Å²) in [6, 6.07) is 8.00. The van der Waals surface area contributed by atoms with E-state index >= 15 is 0 Å². The van der Waals surface area contributed by atoms with Gasteiger partial charge in [0.1, 0.15) is 5.75 Å². The number of hydrogen-bond donors (Lipinski definition) is 1. The maximum Gasteiger partial charge on any atom is 0.126 e. The second kappa shape index (κ2) is 4.47. The highest BCUT2D eigenvalue weighted by molar-refractivity contribution is 7.08. The van der Waals surface area contributed by atoms with Gasteiger partial charge in [-0.3, -0.25) is 0 Å². The van der Waals surface area contributed by atoms with E-state index < -0.39 is 0 Å². The average Bonchev–Trinajstić information content (AvgIpc) is 2.76. The molecule has 2 N–H and O–H groups in total. The standard InChI is InChI=1S/C12H13NOS/c1-14-12-5-3-2-4-10(12)11-8-15-7-9(11)6-13/h2-5,7-8H,6,13H2,1H3. The first-order valence-electron chi connectivity index (χ1n) is 4.75. The summed E-state index contributed by atoms with van der Waals surface area (Å²) in [6.45, 7) is 0.566. The highest BCUT2D eigenvalue weighted by Crippen LogP contribution is 2.33. The lowest BCUT2D eigenvalue weighted by Gasteiger charge is -2.08. The molecule has 1 heterocycles. The summed E-state index contributed by atoms with van der Waals surface area (Å²) < 4.78 is 5.33. The van der Waals surface area contributed by atoms with Crippen LogP contribution < -0.4 is 10.5 Å². The first-order valence-corrected chi connectivity index (χ1v) is 5.69. The molecule has 0 bridgehead atoms. The Morgan fingerprint density at radius 2 is 2.00 bits per heavy atom. The van der Waals surface area contributed by atoms with E-state index in [1.54, 1.807) is 18.4 Å². The summed E-state index contributed by atoms with van der Waals surface area (Å²) in [4.78, 5) is 0. The molecule has 2 nitrogen and oxygen atoms in total. The molecule has 2 rings (SSSR count). The molecule has 1 aromatic carbocycles. The van der Waals surface area contributed by atoms with Crippen LogP contribution in [0, 0.1) is 0 Å². The number of methoxy groups -OCH3 is 1. The van der Waals surface area contributed by atoms with Gasteiger partial charge in [-0.25, -0.2) is 0 Å². The van der Waals surface area contributed by atoms with E-state index in [0.717, 1.165) is 11.3 Å². The maximum atomic E-state index is 5.69. The highest BCUT2D eigenvalue weighted by Gasteiger charge is 2.09. The molecular weight excluding hydrogens is 206 g/mol. The van der Waals surface area contributed by atoms with Crippen molar-refractivity contribution in [2.24, 2.45) is 5.73 Å². The van der Waals surface area contributed by atoms with Crippen LogP contribution in [0.15, 0.2) is 35.0 Å². The van der Waals surface area contributed by atoms with E-state index in [1.165, 1.54) is 11.1 Å². The molecule has 0 atom stereocenters. The molecule has 2 aromatic rings. The molecule has 1 aromatic heterocycles. The molecule has 0 spiro atoms. The zero-order valence-electron chi connectivity index (χ0n) is 8.57. The molecular formula is C12H13NOS. The summed E-state index contributed by atoms with van der Waals surface area (Å²) in [5.74, 6) is 0.894. The molecule has 0 saturated heterocycles. The van der Waals surface area contributed by atoms with Gasteiger partial charge in [-0.15, -0.1) is 0 Å². The Bertz CT molecular complexity index is 450. The lowest BCUT2D eigenvalue weighted by molar-refractivity contribution is 0.416. The van der Waals surface area contributed by atoms with Crippen molar-refractivity contribution < 1.29 is 4.74 Å². The number of ether oxygens (including phenoxy) is 1. The van der Waals surface area contributed by atoms with Gasteiger partial charge in [-0.2, -0.15) is 11.3 Å². The van der Waals surface area contributed by atoms with Crippen molar-refractivity contribution >= 4 is 11.3 Å². The lowest BCUT2D eigenvalue weighted by atomic mass is 10.0. The smallest absolute Gasteiger partial charge is 0.126 e. The van der Waals surface area contributed by atoms with Gasteiger partial charge >= 0.3 is 0 Å². The van der Waals surface area contributed by atoms with Crippen LogP contribution in [0.1, 0.15) is 5.56 Å². The number of nitrogens with two attached hydrogens (primary N) is 1. The van der Waals surface area contributed by atoms with Crippen LogP contribution in [-0.4, -0.2) is 7.11 Å². The minimum absolute atomic E-state index is 0.566. The minimum atomic E-state index is 0.566. The third-order valence-corrected chi connectivity index (χ3v) is 3.15. The van der Waals surface area contributed by atoms with E-state index in [9.17, 15) is 0 Å².